The van der Waals surface area contributed by atoms with Gasteiger partial charge in [-0.2, -0.15) is 0 Å². The molecule has 0 spiro atoms. The zero-order valence-electron chi connectivity index (χ0n) is 13.0. The van der Waals surface area contributed by atoms with Crippen LogP contribution in [-0.4, -0.2) is 30.0 Å². The van der Waals surface area contributed by atoms with Crippen LogP contribution in [0.25, 0.3) is 0 Å². The molecule has 0 radical (unpaired) electrons. The summed E-state index contributed by atoms with van der Waals surface area (Å²) in [7, 11) is 0. The lowest BCUT2D eigenvalue weighted by molar-refractivity contribution is -0.0491. The second kappa shape index (κ2) is 6.66. The first kappa shape index (κ1) is 17.1. The Morgan fingerprint density at radius 3 is 2.45 bits per heavy atom. The van der Waals surface area contributed by atoms with E-state index in [0.29, 0.717) is 6.54 Å². The monoisotopic (exact) mass is 283 g/mol. The van der Waals surface area contributed by atoms with Crippen LogP contribution in [0.5, 0.6) is 0 Å². The topological polar surface area (TPSA) is 41.5 Å². The van der Waals surface area contributed by atoms with Crippen molar-refractivity contribution in [2.24, 2.45) is 0 Å². The van der Waals surface area contributed by atoms with Gasteiger partial charge in [-0.1, -0.05) is 12.1 Å². The van der Waals surface area contributed by atoms with Crippen LogP contribution in [0.3, 0.4) is 0 Å². The number of nitrogens with one attached hydrogen (secondary N) is 1. The molecule has 20 heavy (non-hydrogen) atoms. The molecule has 0 bridgehead atoms. The van der Waals surface area contributed by atoms with Crippen LogP contribution in [0.4, 0.5) is 4.39 Å². The quantitative estimate of drug-likeness (QED) is 0.843. The van der Waals surface area contributed by atoms with Gasteiger partial charge in [-0.05, 0) is 52.3 Å². The summed E-state index contributed by atoms with van der Waals surface area (Å²) in [6, 6.07) is 6.48. The fraction of sp³-hybridized carbons (Fsp3) is 0.625. The first-order valence-corrected chi connectivity index (χ1v) is 6.93. The van der Waals surface area contributed by atoms with Crippen molar-refractivity contribution in [2.45, 2.75) is 51.9 Å². The Bertz CT molecular complexity index is 427. The van der Waals surface area contributed by atoms with Crippen molar-refractivity contribution < 1.29 is 14.2 Å². The first-order chi connectivity index (χ1) is 9.10. The van der Waals surface area contributed by atoms with E-state index < -0.39 is 11.6 Å². The zero-order chi connectivity index (χ0) is 15.4. The molecule has 1 unspecified atom stereocenters. The molecule has 1 aromatic carbocycles. The van der Waals surface area contributed by atoms with Crippen molar-refractivity contribution in [3.05, 3.63) is 35.6 Å². The Kier molecular flexibility index (Phi) is 5.68. The number of hydrogen-bond acceptors (Lipinski definition) is 3. The summed E-state index contributed by atoms with van der Waals surface area (Å²) in [6.07, 6.45) is -0.595. The number of rotatable bonds is 6. The molecular formula is C16H26FNO2. The van der Waals surface area contributed by atoms with Crippen LogP contribution in [0.1, 0.15) is 40.2 Å². The second-order valence-electron chi connectivity index (χ2n) is 6.59. The molecule has 0 heterocycles. The van der Waals surface area contributed by atoms with Crippen LogP contribution in [0, 0.1) is 5.82 Å². The highest BCUT2D eigenvalue weighted by atomic mass is 19.1. The molecule has 1 rings (SSSR count). The van der Waals surface area contributed by atoms with Gasteiger partial charge in [-0.25, -0.2) is 4.39 Å². The number of benzene rings is 1. The maximum Gasteiger partial charge on any atom is 0.123 e. The molecule has 4 heteroatoms. The molecule has 114 valence electrons. The number of halogens is 1. The van der Waals surface area contributed by atoms with E-state index in [1.807, 2.05) is 40.7 Å². The summed E-state index contributed by atoms with van der Waals surface area (Å²) >= 11 is 0. The van der Waals surface area contributed by atoms with Gasteiger partial charge in [-0.3, -0.25) is 0 Å². The van der Waals surface area contributed by atoms with E-state index in [1.165, 1.54) is 12.1 Å². The third kappa shape index (κ3) is 5.99. The molecule has 0 fully saturated rings. The van der Waals surface area contributed by atoms with Gasteiger partial charge in [0.2, 0.25) is 0 Å². The maximum atomic E-state index is 13.3. The molecule has 3 nitrogen and oxygen atoms in total. The summed E-state index contributed by atoms with van der Waals surface area (Å²) in [4.78, 5) is 0. The minimum Gasteiger partial charge on any atom is -0.389 e. The van der Waals surface area contributed by atoms with E-state index in [0.717, 1.165) is 5.56 Å². The molecule has 0 aliphatic heterocycles. The van der Waals surface area contributed by atoms with Gasteiger partial charge < -0.3 is 15.2 Å². The predicted octanol–water partition coefficient (Wildman–Crippen LogP) is 2.83. The van der Waals surface area contributed by atoms with Crippen LogP contribution in [0.15, 0.2) is 24.3 Å². The molecule has 0 aliphatic carbocycles. The van der Waals surface area contributed by atoms with E-state index in [1.54, 1.807) is 6.07 Å². The maximum absolute atomic E-state index is 13.3. The van der Waals surface area contributed by atoms with Crippen LogP contribution in [-0.2, 0) is 10.3 Å². The highest BCUT2D eigenvalue weighted by molar-refractivity contribution is 5.23. The van der Waals surface area contributed by atoms with E-state index in [9.17, 15) is 9.50 Å². The molecule has 1 aromatic rings. The lowest BCUT2D eigenvalue weighted by Gasteiger charge is -2.29. The van der Waals surface area contributed by atoms with Gasteiger partial charge in [0.25, 0.3) is 0 Å². The SMILES string of the molecule is CC(C)(C)OCC(O)CNC(C)(C)c1cccc(F)c1. The van der Waals surface area contributed by atoms with Crippen molar-refractivity contribution >= 4 is 0 Å². The first-order valence-electron chi connectivity index (χ1n) is 6.93. The second-order valence-corrected chi connectivity index (χ2v) is 6.59. The molecule has 0 aromatic heterocycles. The molecule has 0 saturated heterocycles. The lowest BCUT2D eigenvalue weighted by atomic mass is 9.94. The molecular weight excluding hydrogens is 257 g/mol. The minimum absolute atomic E-state index is 0.256. The van der Waals surface area contributed by atoms with Crippen molar-refractivity contribution in [3.8, 4) is 0 Å². The summed E-state index contributed by atoms with van der Waals surface area (Å²) in [6.45, 7) is 10.4. The highest BCUT2D eigenvalue weighted by Crippen LogP contribution is 2.20. The standard InChI is InChI=1S/C16H26FNO2/c1-15(2,3)20-11-14(19)10-18-16(4,5)12-7-6-8-13(17)9-12/h6-9,14,18-19H,10-11H2,1-5H3. The molecule has 1 atom stereocenters. The summed E-state index contributed by atoms with van der Waals surface area (Å²) in [5.74, 6) is -0.256. The van der Waals surface area contributed by atoms with Gasteiger partial charge in [0, 0.05) is 12.1 Å². The van der Waals surface area contributed by atoms with Gasteiger partial charge >= 0.3 is 0 Å². The Hall–Kier alpha value is -0.970. The third-order valence-electron chi connectivity index (χ3n) is 3.03. The molecule has 0 aliphatic rings. The van der Waals surface area contributed by atoms with Gasteiger partial charge in [0.1, 0.15) is 5.82 Å². The van der Waals surface area contributed by atoms with E-state index in [4.69, 9.17) is 4.74 Å². The number of hydrogen-bond donors (Lipinski definition) is 2. The number of aliphatic hydroxyl groups is 1. The smallest absolute Gasteiger partial charge is 0.123 e. The largest absolute Gasteiger partial charge is 0.389 e. The fourth-order valence-electron chi connectivity index (χ4n) is 1.76. The average molecular weight is 283 g/mol. The van der Waals surface area contributed by atoms with Gasteiger partial charge in [-0.15, -0.1) is 0 Å². The lowest BCUT2D eigenvalue weighted by Crippen LogP contribution is -2.43. The van der Waals surface area contributed by atoms with Gasteiger partial charge in [0.05, 0.1) is 18.3 Å². The zero-order valence-corrected chi connectivity index (χ0v) is 13.0. The van der Waals surface area contributed by atoms with E-state index >= 15 is 0 Å². The highest BCUT2D eigenvalue weighted by Gasteiger charge is 2.22. The summed E-state index contributed by atoms with van der Waals surface area (Å²) in [5.41, 5.74) is 0.172. The van der Waals surface area contributed by atoms with Crippen LogP contribution in [0.2, 0.25) is 0 Å². The van der Waals surface area contributed by atoms with E-state index in [2.05, 4.69) is 5.32 Å². The molecule has 0 amide bonds. The fourth-order valence-corrected chi connectivity index (χ4v) is 1.76. The van der Waals surface area contributed by atoms with Crippen LogP contribution < -0.4 is 5.32 Å². The minimum atomic E-state index is -0.595. The Morgan fingerprint density at radius 1 is 1.25 bits per heavy atom. The molecule has 2 N–H and O–H groups in total. The van der Waals surface area contributed by atoms with Crippen molar-refractivity contribution in [2.75, 3.05) is 13.2 Å². The number of ether oxygens (including phenoxy) is 1. The number of aliphatic hydroxyl groups excluding tert-OH is 1. The normalized spacial score (nSPS) is 14.3. The van der Waals surface area contributed by atoms with Crippen molar-refractivity contribution in [1.29, 1.82) is 0 Å². The summed E-state index contributed by atoms with van der Waals surface area (Å²) in [5, 5.41) is 13.2. The van der Waals surface area contributed by atoms with Crippen molar-refractivity contribution in [1.82, 2.24) is 5.32 Å². The predicted molar refractivity (Wildman–Crippen MR) is 79.1 cm³/mol. The Balaban J connectivity index is 2.51. The average Bonchev–Trinajstić information content (AvgIpc) is 2.33. The van der Waals surface area contributed by atoms with E-state index in [-0.39, 0.29) is 18.0 Å². The Labute approximate surface area is 121 Å². The molecule has 0 saturated carbocycles. The van der Waals surface area contributed by atoms with Crippen LogP contribution >= 0.6 is 0 Å². The van der Waals surface area contributed by atoms with Crippen molar-refractivity contribution in [3.63, 3.8) is 0 Å². The van der Waals surface area contributed by atoms with Gasteiger partial charge in [0.15, 0.2) is 0 Å². The Morgan fingerprint density at radius 2 is 1.90 bits per heavy atom. The summed E-state index contributed by atoms with van der Waals surface area (Å²) < 4.78 is 18.8. The third-order valence-corrected chi connectivity index (χ3v) is 3.03.